The van der Waals surface area contributed by atoms with Gasteiger partial charge in [0, 0.05) is 19.6 Å². The summed E-state index contributed by atoms with van der Waals surface area (Å²) in [6.07, 6.45) is -0.414. The van der Waals surface area contributed by atoms with Crippen LogP contribution in [0.1, 0.15) is 31.1 Å². The molecule has 2 heterocycles. The molecule has 2 aliphatic heterocycles. The highest BCUT2D eigenvalue weighted by Crippen LogP contribution is 2.29. The summed E-state index contributed by atoms with van der Waals surface area (Å²) < 4.78 is 25.0. The molecule has 1 aromatic carbocycles. The molecule has 1 saturated heterocycles. The average molecular weight is 336 g/mol. The molecule has 0 spiro atoms. The Kier molecular flexibility index (Phi) is 4.11. The van der Waals surface area contributed by atoms with E-state index < -0.39 is 23.4 Å². The highest BCUT2D eigenvalue weighted by molar-refractivity contribution is 5.98. The summed E-state index contributed by atoms with van der Waals surface area (Å²) in [5, 5.41) is 0. The van der Waals surface area contributed by atoms with Gasteiger partial charge in [0.05, 0.1) is 6.04 Å². The number of hydrogen-bond donors (Lipinski definition) is 0. The zero-order valence-corrected chi connectivity index (χ0v) is 14.0. The standard InChI is InChI=1S/C17H21FN2O4/c1-17(2,3)24-16(22)19-7-8-20-11(9-19)10-23-13-6-4-5-12(18)14(13)15(20)21/h4-6,11H,7-10H2,1-3H3. The van der Waals surface area contributed by atoms with Crippen molar-refractivity contribution in [3.05, 3.63) is 29.6 Å². The Labute approximate surface area is 140 Å². The van der Waals surface area contributed by atoms with Crippen molar-refractivity contribution >= 4 is 12.0 Å². The van der Waals surface area contributed by atoms with Crippen molar-refractivity contribution < 1.29 is 23.5 Å². The van der Waals surface area contributed by atoms with E-state index in [4.69, 9.17) is 9.47 Å². The summed E-state index contributed by atoms with van der Waals surface area (Å²) in [5.41, 5.74) is -0.616. The van der Waals surface area contributed by atoms with Gasteiger partial charge in [-0.1, -0.05) is 6.07 Å². The molecule has 1 aromatic rings. The van der Waals surface area contributed by atoms with Crippen molar-refractivity contribution in [3.8, 4) is 5.75 Å². The second kappa shape index (κ2) is 5.96. The van der Waals surface area contributed by atoms with E-state index in [9.17, 15) is 14.0 Å². The summed E-state index contributed by atoms with van der Waals surface area (Å²) in [5.74, 6) is -0.736. The highest BCUT2D eigenvalue weighted by atomic mass is 19.1. The van der Waals surface area contributed by atoms with Crippen LogP contribution in [0.2, 0.25) is 0 Å². The third-order valence-electron chi connectivity index (χ3n) is 4.02. The van der Waals surface area contributed by atoms with Crippen molar-refractivity contribution in [1.29, 1.82) is 0 Å². The number of halogens is 1. The van der Waals surface area contributed by atoms with E-state index in [0.29, 0.717) is 19.6 Å². The Balaban J connectivity index is 1.78. The summed E-state index contributed by atoms with van der Waals surface area (Å²) in [6.45, 7) is 6.59. The number of rotatable bonds is 0. The molecule has 3 rings (SSSR count). The SMILES string of the molecule is CC(C)(C)OC(=O)N1CCN2C(=O)c3c(F)cccc3OCC2C1. The Morgan fingerprint density at radius 1 is 1.33 bits per heavy atom. The van der Waals surface area contributed by atoms with Crippen molar-refractivity contribution in [2.24, 2.45) is 0 Å². The second-order valence-electron chi connectivity index (χ2n) is 7.00. The number of nitrogens with zero attached hydrogens (tertiary/aromatic N) is 2. The second-order valence-corrected chi connectivity index (χ2v) is 7.00. The van der Waals surface area contributed by atoms with Gasteiger partial charge in [-0.05, 0) is 32.9 Å². The fraction of sp³-hybridized carbons (Fsp3) is 0.529. The van der Waals surface area contributed by atoms with E-state index in [0.717, 1.165) is 0 Å². The van der Waals surface area contributed by atoms with Gasteiger partial charge in [0.25, 0.3) is 5.91 Å². The largest absolute Gasteiger partial charge is 0.490 e. The first-order valence-corrected chi connectivity index (χ1v) is 7.96. The van der Waals surface area contributed by atoms with Crippen LogP contribution in [0, 0.1) is 5.82 Å². The molecular formula is C17H21FN2O4. The van der Waals surface area contributed by atoms with Gasteiger partial charge in [0.2, 0.25) is 0 Å². The monoisotopic (exact) mass is 336 g/mol. The predicted octanol–water partition coefficient (Wildman–Crippen LogP) is 2.28. The van der Waals surface area contributed by atoms with E-state index in [1.807, 2.05) is 0 Å². The smallest absolute Gasteiger partial charge is 0.410 e. The minimum absolute atomic E-state index is 0.0364. The van der Waals surface area contributed by atoms with Crippen molar-refractivity contribution in [3.63, 3.8) is 0 Å². The molecule has 130 valence electrons. The molecule has 0 N–H and O–H groups in total. The van der Waals surface area contributed by atoms with Gasteiger partial charge in [0.1, 0.15) is 29.3 Å². The zero-order chi connectivity index (χ0) is 17.5. The van der Waals surface area contributed by atoms with Crippen molar-refractivity contribution in [1.82, 2.24) is 9.80 Å². The van der Waals surface area contributed by atoms with E-state index in [1.165, 1.54) is 12.1 Å². The highest BCUT2D eigenvalue weighted by Gasteiger charge is 2.38. The first-order chi connectivity index (χ1) is 11.3. The molecular weight excluding hydrogens is 315 g/mol. The number of fused-ring (bicyclic) bond motifs is 2. The number of ether oxygens (including phenoxy) is 2. The lowest BCUT2D eigenvalue weighted by atomic mass is 10.1. The van der Waals surface area contributed by atoms with E-state index in [1.54, 1.807) is 36.6 Å². The molecule has 0 radical (unpaired) electrons. The predicted molar refractivity (Wildman–Crippen MR) is 84.5 cm³/mol. The molecule has 0 aliphatic carbocycles. The van der Waals surface area contributed by atoms with Gasteiger partial charge in [-0.3, -0.25) is 4.79 Å². The number of carbonyl (C=O) groups is 2. The quantitative estimate of drug-likeness (QED) is 0.729. The van der Waals surface area contributed by atoms with Crippen molar-refractivity contribution in [2.45, 2.75) is 32.4 Å². The molecule has 6 nitrogen and oxygen atoms in total. The fourth-order valence-corrected chi connectivity index (χ4v) is 2.92. The van der Waals surface area contributed by atoms with Crippen LogP contribution in [0.5, 0.6) is 5.75 Å². The maximum absolute atomic E-state index is 14.0. The maximum Gasteiger partial charge on any atom is 0.410 e. The normalized spacial score (nSPS) is 20.7. The Bertz CT molecular complexity index is 671. The van der Waals surface area contributed by atoms with Gasteiger partial charge < -0.3 is 19.3 Å². The fourth-order valence-electron chi connectivity index (χ4n) is 2.92. The van der Waals surface area contributed by atoms with Crippen LogP contribution < -0.4 is 4.74 Å². The lowest BCUT2D eigenvalue weighted by Gasteiger charge is -2.40. The van der Waals surface area contributed by atoms with Gasteiger partial charge in [0.15, 0.2) is 0 Å². The molecule has 24 heavy (non-hydrogen) atoms. The average Bonchev–Trinajstić information content (AvgIpc) is 2.63. The number of carbonyl (C=O) groups excluding carboxylic acids is 2. The summed E-state index contributed by atoms with van der Waals surface area (Å²) in [4.78, 5) is 28.0. The van der Waals surface area contributed by atoms with Gasteiger partial charge in [-0.25, -0.2) is 9.18 Å². The lowest BCUT2D eigenvalue weighted by Crippen LogP contribution is -2.58. The van der Waals surface area contributed by atoms with Gasteiger partial charge in [-0.15, -0.1) is 0 Å². The van der Waals surface area contributed by atoms with E-state index in [-0.39, 0.29) is 24.0 Å². The molecule has 1 atom stereocenters. The van der Waals surface area contributed by atoms with Crippen LogP contribution in [-0.4, -0.2) is 59.7 Å². The molecule has 0 aromatic heterocycles. The van der Waals surface area contributed by atoms with Crippen LogP contribution in [0.3, 0.4) is 0 Å². The number of hydrogen-bond acceptors (Lipinski definition) is 4. The minimum atomic E-state index is -0.590. The van der Waals surface area contributed by atoms with Crippen LogP contribution in [0.25, 0.3) is 0 Å². The van der Waals surface area contributed by atoms with E-state index >= 15 is 0 Å². The molecule has 1 unspecified atom stereocenters. The first-order valence-electron chi connectivity index (χ1n) is 7.96. The van der Waals surface area contributed by atoms with Crippen molar-refractivity contribution in [2.75, 3.05) is 26.2 Å². The van der Waals surface area contributed by atoms with Crippen LogP contribution in [-0.2, 0) is 4.74 Å². The van der Waals surface area contributed by atoms with E-state index in [2.05, 4.69) is 0 Å². The zero-order valence-electron chi connectivity index (χ0n) is 14.0. The first kappa shape index (κ1) is 16.5. The molecule has 0 saturated carbocycles. The number of benzene rings is 1. The summed E-state index contributed by atoms with van der Waals surface area (Å²) in [6, 6.07) is 4.02. The molecule has 2 amide bonds. The maximum atomic E-state index is 14.0. The molecule has 0 bridgehead atoms. The van der Waals surface area contributed by atoms with Crippen LogP contribution in [0.4, 0.5) is 9.18 Å². The topological polar surface area (TPSA) is 59.1 Å². The molecule has 7 heteroatoms. The number of piperazine rings is 1. The third kappa shape index (κ3) is 3.16. The Morgan fingerprint density at radius 2 is 2.08 bits per heavy atom. The minimum Gasteiger partial charge on any atom is -0.490 e. The lowest BCUT2D eigenvalue weighted by molar-refractivity contribution is 0.000898. The van der Waals surface area contributed by atoms with Gasteiger partial charge in [-0.2, -0.15) is 0 Å². The molecule has 1 fully saturated rings. The number of amides is 2. The Hall–Kier alpha value is -2.31. The summed E-state index contributed by atoms with van der Waals surface area (Å²) >= 11 is 0. The van der Waals surface area contributed by atoms with Gasteiger partial charge >= 0.3 is 6.09 Å². The third-order valence-corrected chi connectivity index (χ3v) is 4.02. The summed E-state index contributed by atoms with van der Waals surface area (Å²) in [7, 11) is 0. The Morgan fingerprint density at radius 3 is 2.79 bits per heavy atom. The van der Waals surface area contributed by atoms with Crippen LogP contribution in [0.15, 0.2) is 18.2 Å². The molecule has 2 aliphatic rings. The van der Waals surface area contributed by atoms with Crippen LogP contribution >= 0.6 is 0 Å².